The van der Waals surface area contributed by atoms with Gasteiger partial charge in [0.15, 0.2) is 0 Å². The summed E-state index contributed by atoms with van der Waals surface area (Å²) in [5, 5.41) is 0.659. The van der Waals surface area contributed by atoms with Crippen molar-refractivity contribution in [2.24, 2.45) is 5.92 Å². The van der Waals surface area contributed by atoms with Gasteiger partial charge in [0, 0.05) is 12.1 Å². The van der Waals surface area contributed by atoms with E-state index in [1.807, 2.05) is 12.1 Å². The van der Waals surface area contributed by atoms with Crippen LogP contribution in [0.1, 0.15) is 18.5 Å². The van der Waals surface area contributed by atoms with Crippen molar-refractivity contribution in [2.45, 2.75) is 12.8 Å². The van der Waals surface area contributed by atoms with E-state index in [0.717, 1.165) is 5.69 Å². The van der Waals surface area contributed by atoms with E-state index in [-0.39, 0.29) is 0 Å². The minimum Gasteiger partial charge on any atom is -0.246 e. The van der Waals surface area contributed by atoms with Crippen LogP contribution in [0.2, 0.25) is 5.02 Å². The molecular weight excluding hydrogens is 170 g/mol. The molecule has 12 heavy (non-hydrogen) atoms. The Balaban J connectivity index is 2.13. The Labute approximate surface area is 76.8 Å². The molecule has 2 heteroatoms. The number of halogens is 1. The van der Waals surface area contributed by atoms with E-state index >= 15 is 0 Å². The summed E-state index contributed by atoms with van der Waals surface area (Å²) in [5.74, 6) is 6.78. The molecule has 1 fully saturated rings. The smallest absolute Gasteiger partial charge is 0.113 e. The molecule has 0 atom stereocenters. The van der Waals surface area contributed by atoms with Gasteiger partial charge in [-0.15, -0.1) is 0 Å². The molecule has 2 rings (SSSR count). The van der Waals surface area contributed by atoms with Gasteiger partial charge in [0.2, 0.25) is 0 Å². The van der Waals surface area contributed by atoms with Gasteiger partial charge in [0.05, 0.1) is 5.02 Å². The summed E-state index contributed by atoms with van der Waals surface area (Å²) in [6, 6.07) is 3.66. The van der Waals surface area contributed by atoms with Crippen LogP contribution in [0.3, 0.4) is 0 Å². The van der Waals surface area contributed by atoms with Crippen LogP contribution in [0.4, 0.5) is 0 Å². The van der Waals surface area contributed by atoms with Gasteiger partial charge in [0.1, 0.15) is 5.69 Å². The van der Waals surface area contributed by atoms with Crippen LogP contribution in [0.25, 0.3) is 0 Å². The summed E-state index contributed by atoms with van der Waals surface area (Å²) in [7, 11) is 0. The first-order valence-corrected chi connectivity index (χ1v) is 4.35. The quantitative estimate of drug-likeness (QED) is 0.555. The van der Waals surface area contributed by atoms with Crippen LogP contribution in [0.15, 0.2) is 18.3 Å². The van der Waals surface area contributed by atoms with E-state index in [1.54, 1.807) is 6.20 Å². The first kappa shape index (κ1) is 7.64. The Hall–Kier alpha value is -1.00. The van der Waals surface area contributed by atoms with E-state index in [0.29, 0.717) is 10.9 Å². The fourth-order valence-corrected chi connectivity index (χ4v) is 0.965. The van der Waals surface area contributed by atoms with Gasteiger partial charge in [-0.05, 0) is 30.9 Å². The van der Waals surface area contributed by atoms with Gasteiger partial charge >= 0.3 is 0 Å². The molecule has 1 aliphatic rings. The maximum absolute atomic E-state index is 5.68. The highest BCUT2D eigenvalue weighted by Crippen LogP contribution is 2.27. The predicted octanol–water partition coefficient (Wildman–Crippen LogP) is 2.50. The van der Waals surface area contributed by atoms with Gasteiger partial charge < -0.3 is 0 Å². The van der Waals surface area contributed by atoms with Crippen molar-refractivity contribution in [3.8, 4) is 11.8 Å². The number of nitrogens with zero attached hydrogens (tertiary/aromatic N) is 1. The molecular formula is C10H8ClN. The van der Waals surface area contributed by atoms with E-state index in [4.69, 9.17) is 11.6 Å². The zero-order valence-corrected chi connectivity index (χ0v) is 7.30. The SMILES string of the molecule is Clc1ccc(C#CC2CC2)nc1. The minimum absolute atomic E-state index is 0.627. The van der Waals surface area contributed by atoms with Gasteiger partial charge in [-0.3, -0.25) is 0 Å². The van der Waals surface area contributed by atoms with E-state index in [9.17, 15) is 0 Å². The third-order valence-electron chi connectivity index (χ3n) is 1.71. The van der Waals surface area contributed by atoms with Gasteiger partial charge in [-0.25, -0.2) is 4.98 Å². The highest BCUT2D eigenvalue weighted by molar-refractivity contribution is 6.30. The zero-order valence-electron chi connectivity index (χ0n) is 6.55. The molecule has 1 heterocycles. The van der Waals surface area contributed by atoms with E-state index in [2.05, 4.69) is 16.8 Å². The molecule has 1 nitrogen and oxygen atoms in total. The van der Waals surface area contributed by atoms with Crippen molar-refractivity contribution in [1.29, 1.82) is 0 Å². The van der Waals surface area contributed by atoms with Crippen LogP contribution >= 0.6 is 11.6 Å². The first-order chi connectivity index (χ1) is 5.84. The molecule has 0 bridgehead atoms. The Morgan fingerprint density at radius 2 is 2.25 bits per heavy atom. The second-order valence-corrected chi connectivity index (χ2v) is 3.34. The summed E-state index contributed by atoms with van der Waals surface area (Å²) in [6.07, 6.45) is 4.12. The first-order valence-electron chi connectivity index (χ1n) is 3.98. The molecule has 0 amide bonds. The molecule has 0 N–H and O–H groups in total. The fourth-order valence-electron chi connectivity index (χ4n) is 0.853. The number of hydrogen-bond donors (Lipinski definition) is 0. The Bertz CT molecular complexity index is 327. The maximum atomic E-state index is 5.68. The van der Waals surface area contributed by atoms with Crippen molar-refractivity contribution < 1.29 is 0 Å². The van der Waals surface area contributed by atoms with Crippen molar-refractivity contribution in [1.82, 2.24) is 4.98 Å². The van der Waals surface area contributed by atoms with Gasteiger partial charge in [-0.1, -0.05) is 17.5 Å². The molecule has 1 aromatic rings. The topological polar surface area (TPSA) is 12.9 Å². The lowest BCUT2D eigenvalue weighted by molar-refractivity contribution is 1.18. The highest BCUT2D eigenvalue weighted by Gasteiger charge is 2.17. The molecule has 0 unspecified atom stereocenters. The Kier molecular flexibility index (Phi) is 2.01. The molecule has 0 spiro atoms. The number of rotatable bonds is 0. The molecule has 1 aliphatic carbocycles. The molecule has 1 saturated carbocycles. The lowest BCUT2D eigenvalue weighted by Crippen LogP contribution is -1.79. The van der Waals surface area contributed by atoms with Crippen molar-refractivity contribution in [3.05, 3.63) is 29.0 Å². The number of pyridine rings is 1. The maximum Gasteiger partial charge on any atom is 0.113 e. The summed E-state index contributed by atoms with van der Waals surface area (Å²) in [5.41, 5.74) is 0.811. The lowest BCUT2D eigenvalue weighted by Gasteiger charge is -1.88. The number of hydrogen-bond acceptors (Lipinski definition) is 1. The van der Waals surface area contributed by atoms with Crippen LogP contribution in [-0.4, -0.2) is 4.98 Å². The second-order valence-electron chi connectivity index (χ2n) is 2.91. The zero-order chi connectivity index (χ0) is 8.39. The lowest BCUT2D eigenvalue weighted by atomic mass is 10.3. The Morgan fingerprint density at radius 3 is 2.83 bits per heavy atom. The van der Waals surface area contributed by atoms with E-state index < -0.39 is 0 Å². The standard InChI is InChI=1S/C10H8ClN/c11-9-4-6-10(12-7-9)5-3-8-1-2-8/h4,6-8H,1-2H2. The van der Waals surface area contributed by atoms with E-state index in [1.165, 1.54) is 12.8 Å². The summed E-state index contributed by atoms with van der Waals surface area (Å²) >= 11 is 5.68. The van der Waals surface area contributed by atoms with Gasteiger partial charge in [0.25, 0.3) is 0 Å². The predicted molar refractivity (Wildman–Crippen MR) is 48.8 cm³/mol. The average molecular weight is 178 g/mol. The second kappa shape index (κ2) is 3.16. The van der Waals surface area contributed by atoms with Crippen LogP contribution in [-0.2, 0) is 0 Å². The number of aromatic nitrogens is 1. The Morgan fingerprint density at radius 1 is 1.42 bits per heavy atom. The summed E-state index contributed by atoms with van der Waals surface area (Å²) in [6.45, 7) is 0. The van der Waals surface area contributed by atoms with Crippen LogP contribution in [0, 0.1) is 17.8 Å². The van der Waals surface area contributed by atoms with Crippen molar-refractivity contribution >= 4 is 11.6 Å². The minimum atomic E-state index is 0.627. The highest BCUT2D eigenvalue weighted by atomic mass is 35.5. The fraction of sp³-hybridized carbons (Fsp3) is 0.300. The van der Waals surface area contributed by atoms with Crippen molar-refractivity contribution in [3.63, 3.8) is 0 Å². The normalized spacial score (nSPS) is 15.1. The molecule has 0 radical (unpaired) electrons. The average Bonchev–Trinajstić information content (AvgIpc) is 2.87. The van der Waals surface area contributed by atoms with Gasteiger partial charge in [-0.2, -0.15) is 0 Å². The molecule has 1 aromatic heterocycles. The largest absolute Gasteiger partial charge is 0.246 e. The summed E-state index contributed by atoms with van der Waals surface area (Å²) < 4.78 is 0. The third kappa shape index (κ3) is 1.99. The monoisotopic (exact) mass is 177 g/mol. The third-order valence-corrected chi connectivity index (χ3v) is 1.93. The molecule has 0 saturated heterocycles. The molecule has 0 aromatic carbocycles. The van der Waals surface area contributed by atoms with Crippen molar-refractivity contribution in [2.75, 3.05) is 0 Å². The van der Waals surface area contributed by atoms with Crippen LogP contribution in [0.5, 0.6) is 0 Å². The molecule has 60 valence electrons. The van der Waals surface area contributed by atoms with Crippen LogP contribution < -0.4 is 0 Å². The summed E-state index contributed by atoms with van der Waals surface area (Å²) in [4.78, 5) is 4.07. The molecule has 0 aliphatic heterocycles.